The summed E-state index contributed by atoms with van der Waals surface area (Å²) in [5.74, 6) is 0.971. The van der Waals surface area contributed by atoms with E-state index in [1.54, 1.807) is 30.3 Å². The van der Waals surface area contributed by atoms with Gasteiger partial charge in [0.05, 0.1) is 0 Å². The number of nitrogens with zero attached hydrogens (tertiary/aromatic N) is 2. The van der Waals surface area contributed by atoms with Crippen molar-refractivity contribution in [2.75, 3.05) is 10.6 Å². The Morgan fingerprint density at radius 1 is 0.773 bits per heavy atom. The van der Waals surface area contributed by atoms with Gasteiger partial charge in [0, 0.05) is 22.5 Å². The van der Waals surface area contributed by atoms with Crippen molar-refractivity contribution in [2.45, 2.75) is 0 Å². The van der Waals surface area contributed by atoms with Gasteiger partial charge in [-0.2, -0.15) is 0 Å². The molecular formula is C16H12ClFN4. The topological polar surface area (TPSA) is 49.8 Å². The Morgan fingerprint density at radius 2 is 1.27 bits per heavy atom. The fourth-order valence-corrected chi connectivity index (χ4v) is 1.98. The Balaban J connectivity index is 1.74. The second kappa shape index (κ2) is 6.41. The molecule has 2 N–H and O–H groups in total. The molecule has 110 valence electrons. The quantitative estimate of drug-likeness (QED) is 0.729. The van der Waals surface area contributed by atoms with Crippen LogP contribution in [0.1, 0.15) is 0 Å². The largest absolute Gasteiger partial charge is 0.340 e. The number of benzene rings is 2. The minimum atomic E-state index is -0.279. The van der Waals surface area contributed by atoms with Gasteiger partial charge < -0.3 is 10.6 Å². The molecule has 22 heavy (non-hydrogen) atoms. The maximum atomic E-state index is 12.9. The molecule has 0 saturated carbocycles. The van der Waals surface area contributed by atoms with Crippen LogP contribution in [0.15, 0.2) is 60.9 Å². The fourth-order valence-electron chi connectivity index (χ4n) is 1.86. The first-order valence-electron chi connectivity index (χ1n) is 6.56. The van der Waals surface area contributed by atoms with Crippen LogP contribution in [0.25, 0.3) is 0 Å². The first-order valence-corrected chi connectivity index (χ1v) is 6.94. The molecule has 0 fully saturated rings. The van der Waals surface area contributed by atoms with Crippen LogP contribution < -0.4 is 10.6 Å². The zero-order valence-corrected chi connectivity index (χ0v) is 12.2. The van der Waals surface area contributed by atoms with E-state index in [1.807, 2.05) is 12.1 Å². The summed E-state index contributed by atoms with van der Waals surface area (Å²) in [5.41, 5.74) is 1.62. The molecule has 1 aromatic heterocycles. The van der Waals surface area contributed by atoms with Gasteiger partial charge in [0.2, 0.25) is 0 Å². The Kier molecular flexibility index (Phi) is 4.16. The molecule has 0 aliphatic rings. The molecule has 3 aromatic rings. The molecule has 0 bridgehead atoms. The molecule has 0 unspecified atom stereocenters. The average molecular weight is 315 g/mol. The zero-order chi connectivity index (χ0) is 15.4. The van der Waals surface area contributed by atoms with Crippen LogP contribution in [-0.2, 0) is 0 Å². The number of nitrogens with one attached hydrogen (secondary N) is 2. The van der Waals surface area contributed by atoms with Gasteiger partial charge in [0.25, 0.3) is 0 Å². The number of anilines is 4. The van der Waals surface area contributed by atoms with E-state index < -0.39 is 0 Å². The normalized spacial score (nSPS) is 10.3. The van der Waals surface area contributed by atoms with Gasteiger partial charge in [0.15, 0.2) is 0 Å². The first-order chi connectivity index (χ1) is 10.7. The SMILES string of the molecule is Fc1ccc(Nc2cc(Nc3ccc(Cl)cc3)ncn2)cc1. The highest BCUT2D eigenvalue weighted by Gasteiger charge is 2.01. The van der Waals surface area contributed by atoms with Crippen LogP contribution in [0.3, 0.4) is 0 Å². The standard InChI is InChI=1S/C16H12ClFN4/c17-11-1-5-13(6-2-11)21-15-9-16(20-10-19-15)22-14-7-3-12(18)4-8-14/h1-10H,(H2,19,20,21,22). The van der Waals surface area contributed by atoms with E-state index in [0.29, 0.717) is 16.7 Å². The van der Waals surface area contributed by atoms with E-state index in [2.05, 4.69) is 20.6 Å². The van der Waals surface area contributed by atoms with E-state index in [1.165, 1.54) is 18.5 Å². The Hall–Kier alpha value is -2.66. The lowest BCUT2D eigenvalue weighted by molar-refractivity contribution is 0.628. The second-order valence-corrected chi connectivity index (χ2v) is 4.99. The Bertz CT molecular complexity index is 697. The molecule has 6 heteroatoms. The lowest BCUT2D eigenvalue weighted by atomic mass is 10.3. The predicted octanol–water partition coefficient (Wildman–Crippen LogP) is 4.76. The van der Waals surface area contributed by atoms with Crippen molar-refractivity contribution in [3.63, 3.8) is 0 Å². The molecule has 3 rings (SSSR count). The first kappa shape index (κ1) is 14.3. The molecule has 1 heterocycles. The summed E-state index contributed by atoms with van der Waals surface area (Å²) in [5, 5.41) is 6.92. The van der Waals surface area contributed by atoms with Gasteiger partial charge in [-0.25, -0.2) is 14.4 Å². The van der Waals surface area contributed by atoms with Crippen LogP contribution in [-0.4, -0.2) is 9.97 Å². The highest BCUT2D eigenvalue weighted by molar-refractivity contribution is 6.30. The Morgan fingerprint density at radius 3 is 1.82 bits per heavy atom. The summed E-state index contributed by atoms with van der Waals surface area (Å²) < 4.78 is 12.9. The maximum Gasteiger partial charge on any atom is 0.135 e. The third-order valence-electron chi connectivity index (χ3n) is 2.90. The minimum Gasteiger partial charge on any atom is -0.340 e. The van der Waals surface area contributed by atoms with Crippen molar-refractivity contribution >= 4 is 34.6 Å². The Labute approximate surface area is 132 Å². The van der Waals surface area contributed by atoms with E-state index in [4.69, 9.17) is 11.6 Å². The van der Waals surface area contributed by atoms with Gasteiger partial charge >= 0.3 is 0 Å². The smallest absolute Gasteiger partial charge is 0.135 e. The summed E-state index contributed by atoms with van der Waals surface area (Å²) in [6.07, 6.45) is 1.45. The highest BCUT2D eigenvalue weighted by Crippen LogP contribution is 2.20. The number of hydrogen-bond donors (Lipinski definition) is 2. The number of hydrogen-bond acceptors (Lipinski definition) is 4. The van der Waals surface area contributed by atoms with Crippen LogP contribution in [0, 0.1) is 5.82 Å². The molecule has 0 amide bonds. The molecule has 0 aliphatic heterocycles. The van der Waals surface area contributed by atoms with Crippen LogP contribution in [0.2, 0.25) is 5.02 Å². The molecule has 0 saturated heterocycles. The molecule has 0 atom stereocenters. The molecule has 0 spiro atoms. The fraction of sp³-hybridized carbons (Fsp3) is 0. The number of aromatic nitrogens is 2. The summed E-state index contributed by atoms with van der Waals surface area (Å²) in [7, 11) is 0. The highest BCUT2D eigenvalue weighted by atomic mass is 35.5. The number of halogens is 2. The summed E-state index contributed by atoms with van der Waals surface area (Å²) in [6.45, 7) is 0. The van der Waals surface area contributed by atoms with Gasteiger partial charge in [0.1, 0.15) is 23.8 Å². The third-order valence-corrected chi connectivity index (χ3v) is 3.15. The summed E-state index contributed by atoms with van der Waals surface area (Å²) in [6, 6.07) is 15.1. The molecule has 0 aliphatic carbocycles. The zero-order valence-electron chi connectivity index (χ0n) is 11.4. The van der Waals surface area contributed by atoms with Crippen LogP contribution in [0.5, 0.6) is 0 Å². The number of rotatable bonds is 4. The van der Waals surface area contributed by atoms with Crippen molar-refractivity contribution < 1.29 is 4.39 Å². The van der Waals surface area contributed by atoms with Crippen LogP contribution >= 0.6 is 11.6 Å². The lowest BCUT2D eigenvalue weighted by Gasteiger charge is -2.08. The van der Waals surface area contributed by atoms with E-state index in [9.17, 15) is 4.39 Å². The van der Waals surface area contributed by atoms with Gasteiger partial charge in [-0.05, 0) is 48.5 Å². The minimum absolute atomic E-state index is 0.279. The molecular weight excluding hydrogens is 303 g/mol. The van der Waals surface area contributed by atoms with Crippen LogP contribution in [0.4, 0.5) is 27.4 Å². The van der Waals surface area contributed by atoms with Crippen molar-refractivity contribution in [1.29, 1.82) is 0 Å². The summed E-state index contributed by atoms with van der Waals surface area (Å²) >= 11 is 5.85. The molecule has 0 radical (unpaired) electrons. The second-order valence-electron chi connectivity index (χ2n) is 4.55. The molecule has 4 nitrogen and oxygen atoms in total. The van der Waals surface area contributed by atoms with Gasteiger partial charge in [-0.1, -0.05) is 11.6 Å². The van der Waals surface area contributed by atoms with E-state index in [-0.39, 0.29) is 5.82 Å². The summed E-state index contributed by atoms with van der Waals surface area (Å²) in [4.78, 5) is 8.29. The van der Waals surface area contributed by atoms with Crippen molar-refractivity contribution in [3.8, 4) is 0 Å². The van der Waals surface area contributed by atoms with Crippen molar-refractivity contribution in [3.05, 3.63) is 71.8 Å². The van der Waals surface area contributed by atoms with E-state index in [0.717, 1.165) is 11.4 Å². The van der Waals surface area contributed by atoms with Gasteiger partial charge in [-0.3, -0.25) is 0 Å². The van der Waals surface area contributed by atoms with E-state index >= 15 is 0 Å². The third kappa shape index (κ3) is 3.71. The van der Waals surface area contributed by atoms with Crippen molar-refractivity contribution in [2.24, 2.45) is 0 Å². The monoisotopic (exact) mass is 314 g/mol. The predicted molar refractivity (Wildman–Crippen MR) is 86.4 cm³/mol. The average Bonchev–Trinajstić information content (AvgIpc) is 2.52. The maximum absolute atomic E-state index is 12.9. The molecule has 2 aromatic carbocycles. The van der Waals surface area contributed by atoms with Gasteiger partial charge in [-0.15, -0.1) is 0 Å². The van der Waals surface area contributed by atoms with Crippen molar-refractivity contribution in [1.82, 2.24) is 9.97 Å². The lowest BCUT2D eigenvalue weighted by Crippen LogP contribution is -1.98.